The molecule has 2 amide bonds. The third-order valence-corrected chi connectivity index (χ3v) is 23.6. The average molecular weight is 1750 g/mol. The molecule has 694 valence electrons. The second-order valence-corrected chi connectivity index (χ2v) is 33.2. The molecule has 5 aromatic rings. The maximum atomic E-state index is 14.7. The lowest BCUT2D eigenvalue weighted by Gasteiger charge is -2.42. The number of ketones is 3. The largest absolute Gasteiger partial charge is 0.459 e. The number of allylic oxidation sites excluding steroid dienone is 6. The number of cyclic esters (lactones) is 1. The molecule has 9 rings (SSSR count). The van der Waals surface area contributed by atoms with Crippen molar-refractivity contribution in [3.8, 4) is 11.3 Å². The van der Waals surface area contributed by atoms with E-state index in [2.05, 4.69) is 35.6 Å². The third kappa shape index (κ3) is 32.0. The number of esters is 1. The maximum Gasteiger partial charge on any atom is 0.329 e. The van der Waals surface area contributed by atoms with Gasteiger partial charge in [-0.2, -0.15) is 5.10 Å². The molecule has 0 radical (unpaired) electrons. The Kier molecular flexibility index (Phi) is 43.2. The molecule has 15 atom stereocenters. The zero-order valence-corrected chi connectivity index (χ0v) is 74.4. The number of nitrogens with zero attached hydrogens (tertiary/aromatic N) is 9. The first kappa shape index (κ1) is 101. The maximum absolute atomic E-state index is 14.7. The van der Waals surface area contributed by atoms with E-state index >= 15 is 0 Å². The number of hydrogen-bond acceptors (Lipinski definition) is 30. The predicted octanol–water partition coefficient (Wildman–Crippen LogP) is 7.24. The van der Waals surface area contributed by atoms with Gasteiger partial charge in [-0.15, -0.1) is 5.10 Å². The number of hydrogen-bond donors (Lipinski definition) is 7. The first-order chi connectivity index (χ1) is 60.5. The number of nitrogens with one attached hydrogen (secondary N) is 2. The van der Waals surface area contributed by atoms with Crippen molar-refractivity contribution >= 4 is 63.0 Å². The zero-order valence-electron chi connectivity index (χ0n) is 74.4. The number of piperidine rings is 1. The molecule has 1 aliphatic carbocycles. The Labute approximate surface area is 733 Å². The summed E-state index contributed by atoms with van der Waals surface area (Å²) in [5, 5.41) is 52.7. The van der Waals surface area contributed by atoms with Gasteiger partial charge in [-0.05, 0) is 145 Å². The summed E-state index contributed by atoms with van der Waals surface area (Å²) in [5.74, 6) is -8.61. The van der Waals surface area contributed by atoms with Crippen LogP contribution >= 0.6 is 0 Å². The highest BCUT2D eigenvalue weighted by Crippen LogP contribution is 2.39. The van der Waals surface area contributed by atoms with Crippen molar-refractivity contribution < 1.29 is 106 Å². The molecule has 1 saturated carbocycles. The quantitative estimate of drug-likeness (QED) is 0.00874. The Balaban J connectivity index is 0.583. The molecule has 9 N–H and O–H groups in total. The summed E-state index contributed by atoms with van der Waals surface area (Å²) >= 11 is 0. The standard InChI is InChI=1S/C90H137N13O22/c1-60-18-10-9-11-19-61(2)75(113-7)55-70-24-22-65(6)90(112,125-70)84(109)88(110)102-30-15-12-21-72(102)89(111)124-76(56-73(104)62(3)51-64(5)82(107)83(108)81(106)63(4)50-60)71(91)52-66-23-25-74(77(53-66)114-8)123-33-17-13-20-69-58-101(100-98-69)32-35-116-37-39-118-41-43-120-45-47-122-49-48-121-46-44-119-42-40-117-38-36-115-34-27-78(105)93-28-14-16-31-103-87-79(85(92)96-59-97-87)80(99-103)68-54-67-26-29-94-86(67)95-57-68/h9-11,18-19,26,29,51,54,57-60,62-63,65-66,70-72,74-77,82-83,107-108,112H,12-17,20-25,27-28,30-50,52-53,55-56,91H2,1-8H3,(H,93,105)(H,94,95)(H2,92,96,97)/b11-9+,18-10+,61-19+,64-51+/t60-,62-,63-,65-,66+,70+,71-,72+,74-,75+,76+,77-,82-,83+,90-/m1/s1. The van der Waals surface area contributed by atoms with E-state index in [1.165, 1.54) is 19.3 Å². The third-order valence-electron chi connectivity index (χ3n) is 23.6. The first-order valence-corrected chi connectivity index (χ1v) is 44.7. The van der Waals surface area contributed by atoms with Crippen LogP contribution in [-0.2, 0) is 110 Å². The Bertz CT molecular complexity index is 4250. The van der Waals surface area contributed by atoms with Gasteiger partial charge in [0.2, 0.25) is 11.7 Å². The molecule has 0 unspecified atom stereocenters. The Morgan fingerprint density at radius 3 is 2.10 bits per heavy atom. The van der Waals surface area contributed by atoms with Crippen LogP contribution in [0.25, 0.3) is 33.3 Å². The van der Waals surface area contributed by atoms with Crippen molar-refractivity contribution in [3.05, 3.63) is 90.3 Å². The average Bonchev–Trinajstić information content (AvgIpc) is 1.69. The van der Waals surface area contributed by atoms with Gasteiger partial charge >= 0.3 is 5.97 Å². The van der Waals surface area contributed by atoms with E-state index in [0.29, 0.717) is 219 Å². The summed E-state index contributed by atoms with van der Waals surface area (Å²) in [6.07, 6.45) is 20.4. The molecule has 0 spiro atoms. The van der Waals surface area contributed by atoms with E-state index in [9.17, 15) is 44.1 Å². The van der Waals surface area contributed by atoms with Gasteiger partial charge in [0.05, 0.1) is 148 Å². The van der Waals surface area contributed by atoms with Crippen LogP contribution in [0.5, 0.6) is 0 Å². The fourth-order valence-electron chi connectivity index (χ4n) is 16.2. The number of fused-ring (bicyclic) bond motifs is 5. The van der Waals surface area contributed by atoms with E-state index in [-0.39, 0.29) is 67.8 Å². The fraction of sp³-hybridized carbons (Fsp3) is 0.689. The summed E-state index contributed by atoms with van der Waals surface area (Å²) in [6.45, 7) is 19.2. The lowest BCUT2D eigenvalue weighted by molar-refractivity contribution is -0.265. The number of pyridine rings is 1. The van der Waals surface area contributed by atoms with Gasteiger partial charge in [-0.3, -0.25) is 24.0 Å². The molecule has 125 heavy (non-hydrogen) atoms. The summed E-state index contributed by atoms with van der Waals surface area (Å²) in [6, 6.07) is 1.84. The molecule has 4 aliphatic rings. The van der Waals surface area contributed by atoms with Gasteiger partial charge in [0.25, 0.3) is 11.7 Å². The number of aliphatic hydroxyl groups is 3. The monoisotopic (exact) mass is 1750 g/mol. The summed E-state index contributed by atoms with van der Waals surface area (Å²) in [5.41, 5.74) is 18.2. The lowest BCUT2D eigenvalue weighted by atomic mass is 9.80. The first-order valence-electron chi connectivity index (χ1n) is 44.7. The van der Waals surface area contributed by atoms with Gasteiger partial charge in [0, 0.05) is 113 Å². The van der Waals surface area contributed by atoms with E-state index in [1.54, 1.807) is 45.9 Å². The summed E-state index contributed by atoms with van der Waals surface area (Å²) < 4.78 is 79.4. The molecule has 0 aromatic carbocycles. The van der Waals surface area contributed by atoms with Crippen molar-refractivity contribution in [1.29, 1.82) is 0 Å². The van der Waals surface area contributed by atoms with Gasteiger partial charge in [-0.25, -0.2) is 29.1 Å². The van der Waals surface area contributed by atoms with Gasteiger partial charge in [-0.1, -0.05) is 69.4 Å². The molecule has 2 saturated heterocycles. The van der Waals surface area contributed by atoms with Gasteiger partial charge in [0.1, 0.15) is 53.6 Å². The molecule has 3 fully saturated rings. The highest BCUT2D eigenvalue weighted by molar-refractivity contribution is 6.39. The van der Waals surface area contributed by atoms with Crippen LogP contribution < -0.4 is 16.8 Å². The molecular weight excluding hydrogens is 1620 g/mol. The van der Waals surface area contributed by atoms with Crippen molar-refractivity contribution in [1.82, 2.24) is 54.9 Å². The summed E-state index contributed by atoms with van der Waals surface area (Å²) in [7, 11) is 3.20. The van der Waals surface area contributed by atoms with Crippen LogP contribution in [0.4, 0.5) is 5.82 Å². The minimum Gasteiger partial charge on any atom is -0.459 e. The van der Waals surface area contributed by atoms with E-state index in [1.807, 2.05) is 73.4 Å². The van der Waals surface area contributed by atoms with E-state index in [4.69, 9.17) is 78.1 Å². The number of carbonyl (C=O) groups excluding carboxylic acids is 6. The number of unbranched alkanes of at least 4 members (excludes halogenated alkanes) is 2. The molecule has 5 aromatic heterocycles. The number of H-pyrrole nitrogens is 1. The highest BCUT2D eigenvalue weighted by Gasteiger charge is 2.53. The van der Waals surface area contributed by atoms with Crippen molar-refractivity contribution in [2.24, 2.45) is 35.3 Å². The SMILES string of the molecule is CO[C@H]1C[C@@H]2CC[C@@H](C)[C@@](O)(O2)C(=O)C(=O)N2CCCC[C@H]2C(=O)O[C@H]([C@H](N)C[C@@H]2CC[C@@H](OCCCCc3cn(CCOCCOCCOCCOCCOCCOCCOCCOCCC(=O)NCCCCn4nc(-c5cnc6[nH]ccc6c5)c5c(N)ncnc54)nn3)[C@H](OC)C2)CC(=O)[C@H](C)/C=C(\C)[C@@H](O)[C@@H](O)C(=O)[C@H](C)C[C@H](C)/C=C/C=C/C=C/1C. The molecule has 35 nitrogen and oxygen atoms in total. The predicted molar refractivity (Wildman–Crippen MR) is 464 cm³/mol. The lowest BCUT2D eigenvalue weighted by Crippen LogP contribution is -2.61. The molecule has 2 bridgehead atoms. The number of Topliss-reactive ketones (excluding diaryl/α,β-unsaturated/α-hetero) is 3. The second kappa shape index (κ2) is 53.7. The normalized spacial score (nSPS) is 26.8. The number of rotatable bonds is 44. The second-order valence-electron chi connectivity index (χ2n) is 33.2. The van der Waals surface area contributed by atoms with Crippen molar-refractivity contribution in [2.75, 3.05) is 145 Å². The molecule has 35 heteroatoms. The number of amides is 2. The number of aromatic amines is 1. The number of aryl methyl sites for hydroxylation is 2. The number of aliphatic hydroxyl groups excluding tert-OH is 2. The highest BCUT2D eigenvalue weighted by atomic mass is 16.6. The smallest absolute Gasteiger partial charge is 0.329 e. The number of anilines is 1. The summed E-state index contributed by atoms with van der Waals surface area (Å²) in [4.78, 5) is 101. The van der Waals surface area contributed by atoms with Crippen LogP contribution in [0.2, 0.25) is 0 Å². The molecular formula is C90H137N13O22. The van der Waals surface area contributed by atoms with Crippen LogP contribution in [0.3, 0.4) is 0 Å². The molecule has 8 heterocycles. The Morgan fingerprint density at radius 2 is 1.42 bits per heavy atom. The van der Waals surface area contributed by atoms with Crippen LogP contribution in [0, 0.1) is 29.6 Å². The number of aromatic nitrogens is 9. The molecule has 3 aliphatic heterocycles. The fourth-order valence-corrected chi connectivity index (χ4v) is 16.2. The Hall–Kier alpha value is -8.08. The van der Waals surface area contributed by atoms with Gasteiger partial charge < -0.3 is 104 Å². The van der Waals surface area contributed by atoms with Crippen LogP contribution in [0.15, 0.2) is 84.7 Å². The topological polar surface area (TPSA) is 453 Å². The van der Waals surface area contributed by atoms with Gasteiger partial charge in [0.15, 0.2) is 11.4 Å². The number of carbonyl (C=O) groups is 6. The van der Waals surface area contributed by atoms with Crippen molar-refractivity contribution in [2.45, 2.75) is 231 Å². The number of ether oxygens (including phenoxy) is 13. The number of nitrogen functional groups attached to an aromatic ring is 1. The van der Waals surface area contributed by atoms with E-state index in [0.717, 1.165) is 58.4 Å². The number of nitrogens with two attached hydrogens (primary N) is 2. The minimum absolute atomic E-state index is 0.0265. The van der Waals surface area contributed by atoms with Crippen molar-refractivity contribution in [3.63, 3.8) is 0 Å². The van der Waals surface area contributed by atoms with Crippen LogP contribution in [0.1, 0.15) is 156 Å². The Morgan fingerprint density at radius 1 is 0.728 bits per heavy atom. The minimum atomic E-state index is -2.49. The zero-order chi connectivity index (χ0) is 89.5. The van der Waals surface area contributed by atoms with Crippen LogP contribution in [-0.4, -0.2) is 300 Å². The van der Waals surface area contributed by atoms with E-state index < -0.39 is 95.4 Å². The number of methoxy groups -OCH3 is 2.